The largest absolute Gasteiger partial charge is 0.481 e. The first kappa shape index (κ1) is 38.9. The van der Waals surface area contributed by atoms with Crippen molar-refractivity contribution in [3.63, 3.8) is 0 Å². The Labute approximate surface area is 253 Å². The number of carbonyl (C=O) groups excluding carboxylic acids is 1. The standard InChI is InChI=1S/C37H64O4/c1-3-5-7-9-11-12-13-14-15-16-17-18-19-20-21-22-24-30-34-37(40)41-35(31-27-23-10-8-6-4-2)32-28-25-26-29-33-36(38)39/h8,10,12-13,15-16,27,31,35H,3-7,9,11,14,17-26,28-30,32-34H2,1-2H3,(H,38,39)/b10-8-,13-12-,16-15-,31-27-. The Kier molecular flexibility index (Phi) is 30.8. The Morgan fingerprint density at radius 1 is 0.561 bits per heavy atom. The number of allylic oxidation sites excluding steroid dienone is 7. The van der Waals surface area contributed by atoms with E-state index in [1.165, 1.54) is 70.6 Å². The highest BCUT2D eigenvalue weighted by molar-refractivity contribution is 5.69. The number of carboxylic acids is 1. The summed E-state index contributed by atoms with van der Waals surface area (Å²) in [6.45, 7) is 4.43. The molecule has 0 bridgehead atoms. The molecule has 0 fully saturated rings. The quantitative estimate of drug-likeness (QED) is 0.0528. The molecule has 1 unspecified atom stereocenters. The van der Waals surface area contributed by atoms with Gasteiger partial charge in [0.05, 0.1) is 0 Å². The second-order valence-corrected chi connectivity index (χ2v) is 11.3. The molecular weight excluding hydrogens is 508 g/mol. The van der Waals surface area contributed by atoms with Crippen molar-refractivity contribution >= 4 is 11.9 Å². The van der Waals surface area contributed by atoms with E-state index in [2.05, 4.69) is 56.4 Å². The van der Waals surface area contributed by atoms with Gasteiger partial charge in [-0.15, -0.1) is 0 Å². The van der Waals surface area contributed by atoms with Crippen LogP contribution >= 0.6 is 0 Å². The average molecular weight is 573 g/mol. The predicted octanol–water partition coefficient (Wildman–Crippen LogP) is 11.6. The van der Waals surface area contributed by atoms with E-state index in [4.69, 9.17) is 9.84 Å². The molecule has 0 heterocycles. The zero-order chi connectivity index (χ0) is 30.1. The second kappa shape index (κ2) is 32.4. The molecule has 0 aliphatic rings. The van der Waals surface area contributed by atoms with Gasteiger partial charge in [-0.1, -0.05) is 127 Å². The molecule has 0 aromatic heterocycles. The van der Waals surface area contributed by atoms with Crippen LogP contribution in [0.3, 0.4) is 0 Å². The number of carbonyl (C=O) groups is 2. The summed E-state index contributed by atoms with van der Waals surface area (Å²) in [6.07, 6.45) is 42.9. The SMILES string of the molecule is CCC/C=C\C/C=C\C(CCCCCCC(=O)O)OC(=O)CCCCCCCCC/C=C\C/C=C\CCCCCC. The lowest BCUT2D eigenvalue weighted by Gasteiger charge is -2.14. The Bertz CT molecular complexity index is 704. The van der Waals surface area contributed by atoms with Gasteiger partial charge in [0.25, 0.3) is 0 Å². The molecule has 0 aromatic carbocycles. The molecule has 41 heavy (non-hydrogen) atoms. The van der Waals surface area contributed by atoms with Crippen molar-refractivity contribution < 1.29 is 19.4 Å². The Balaban J connectivity index is 3.93. The van der Waals surface area contributed by atoms with Crippen LogP contribution in [-0.2, 0) is 14.3 Å². The van der Waals surface area contributed by atoms with E-state index >= 15 is 0 Å². The summed E-state index contributed by atoms with van der Waals surface area (Å²) >= 11 is 0. The first-order valence-electron chi connectivity index (χ1n) is 17.1. The topological polar surface area (TPSA) is 63.6 Å². The van der Waals surface area contributed by atoms with E-state index < -0.39 is 5.97 Å². The molecule has 0 saturated carbocycles. The summed E-state index contributed by atoms with van der Waals surface area (Å²) in [5.74, 6) is -0.823. The summed E-state index contributed by atoms with van der Waals surface area (Å²) < 4.78 is 5.80. The summed E-state index contributed by atoms with van der Waals surface area (Å²) in [7, 11) is 0. The molecule has 0 aliphatic carbocycles. The van der Waals surface area contributed by atoms with Crippen LogP contribution in [0.2, 0.25) is 0 Å². The fourth-order valence-corrected chi connectivity index (χ4v) is 4.70. The first-order chi connectivity index (χ1) is 20.1. The molecule has 0 radical (unpaired) electrons. The third-order valence-electron chi connectivity index (χ3n) is 7.24. The van der Waals surface area contributed by atoms with E-state index in [1.807, 2.05) is 6.08 Å². The molecule has 0 spiro atoms. The maximum absolute atomic E-state index is 12.5. The van der Waals surface area contributed by atoms with Crippen molar-refractivity contribution in [1.82, 2.24) is 0 Å². The van der Waals surface area contributed by atoms with Gasteiger partial charge in [0, 0.05) is 12.8 Å². The average Bonchev–Trinajstić information content (AvgIpc) is 2.95. The molecule has 0 saturated heterocycles. The molecular formula is C37H64O4. The van der Waals surface area contributed by atoms with Crippen LogP contribution in [0, 0.1) is 0 Å². The van der Waals surface area contributed by atoms with E-state index in [0.717, 1.165) is 64.2 Å². The maximum Gasteiger partial charge on any atom is 0.306 e. The van der Waals surface area contributed by atoms with Crippen LogP contribution in [0.5, 0.6) is 0 Å². The van der Waals surface area contributed by atoms with Gasteiger partial charge in [0.15, 0.2) is 0 Å². The molecule has 0 rings (SSSR count). The Hall–Kier alpha value is -2.10. The van der Waals surface area contributed by atoms with Gasteiger partial charge < -0.3 is 9.84 Å². The van der Waals surface area contributed by atoms with E-state index in [9.17, 15) is 9.59 Å². The third kappa shape index (κ3) is 32.3. The van der Waals surface area contributed by atoms with E-state index in [-0.39, 0.29) is 18.5 Å². The second-order valence-electron chi connectivity index (χ2n) is 11.3. The van der Waals surface area contributed by atoms with Crippen LogP contribution < -0.4 is 0 Å². The van der Waals surface area contributed by atoms with E-state index in [1.54, 1.807) is 0 Å². The van der Waals surface area contributed by atoms with Crippen molar-refractivity contribution in [2.45, 2.75) is 174 Å². The third-order valence-corrected chi connectivity index (χ3v) is 7.24. The van der Waals surface area contributed by atoms with Gasteiger partial charge in [-0.25, -0.2) is 0 Å². The summed E-state index contributed by atoms with van der Waals surface area (Å²) in [4.78, 5) is 23.1. The van der Waals surface area contributed by atoms with Gasteiger partial charge in [-0.05, 0) is 76.7 Å². The summed E-state index contributed by atoms with van der Waals surface area (Å²) in [6, 6.07) is 0. The normalized spacial score (nSPS) is 12.8. The number of ether oxygens (including phenoxy) is 1. The first-order valence-corrected chi connectivity index (χ1v) is 17.1. The van der Waals surface area contributed by atoms with Gasteiger partial charge in [-0.2, -0.15) is 0 Å². The zero-order valence-corrected chi connectivity index (χ0v) is 26.8. The predicted molar refractivity (Wildman–Crippen MR) is 176 cm³/mol. The van der Waals surface area contributed by atoms with Crippen LogP contribution in [0.25, 0.3) is 0 Å². The number of hydrogen-bond acceptors (Lipinski definition) is 3. The fraction of sp³-hybridized carbons (Fsp3) is 0.730. The van der Waals surface area contributed by atoms with Gasteiger partial charge >= 0.3 is 11.9 Å². The monoisotopic (exact) mass is 572 g/mol. The summed E-state index contributed by atoms with van der Waals surface area (Å²) in [5.41, 5.74) is 0. The van der Waals surface area contributed by atoms with Gasteiger partial charge in [-0.3, -0.25) is 9.59 Å². The highest BCUT2D eigenvalue weighted by atomic mass is 16.5. The molecule has 0 aromatic rings. The van der Waals surface area contributed by atoms with Crippen LogP contribution in [-0.4, -0.2) is 23.1 Å². The lowest BCUT2D eigenvalue weighted by molar-refractivity contribution is -0.147. The van der Waals surface area contributed by atoms with Gasteiger partial charge in [0.2, 0.25) is 0 Å². The molecule has 1 atom stereocenters. The van der Waals surface area contributed by atoms with Crippen molar-refractivity contribution in [2.24, 2.45) is 0 Å². The highest BCUT2D eigenvalue weighted by Crippen LogP contribution is 2.15. The molecule has 4 heteroatoms. The van der Waals surface area contributed by atoms with Crippen LogP contribution in [0.1, 0.15) is 168 Å². The summed E-state index contributed by atoms with van der Waals surface area (Å²) in [5, 5.41) is 8.78. The molecule has 0 aliphatic heterocycles. The van der Waals surface area contributed by atoms with Crippen LogP contribution in [0.4, 0.5) is 0 Å². The lowest BCUT2D eigenvalue weighted by atomic mass is 10.1. The molecule has 236 valence electrons. The van der Waals surface area contributed by atoms with Crippen molar-refractivity contribution in [2.75, 3.05) is 0 Å². The highest BCUT2D eigenvalue weighted by Gasteiger charge is 2.11. The minimum Gasteiger partial charge on any atom is -0.481 e. The number of unbranched alkanes of at least 4 members (excludes halogenated alkanes) is 15. The smallest absolute Gasteiger partial charge is 0.306 e. The minimum absolute atomic E-state index is 0.0924. The van der Waals surface area contributed by atoms with E-state index in [0.29, 0.717) is 12.8 Å². The maximum atomic E-state index is 12.5. The number of hydrogen-bond donors (Lipinski definition) is 1. The van der Waals surface area contributed by atoms with Crippen LogP contribution in [0.15, 0.2) is 48.6 Å². The van der Waals surface area contributed by atoms with Gasteiger partial charge in [0.1, 0.15) is 6.10 Å². The Morgan fingerprint density at radius 3 is 1.68 bits per heavy atom. The molecule has 4 nitrogen and oxygen atoms in total. The number of rotatable bonds is 30. The van der Waals surface area contributed by atoms with Crippen molar-refractivity contribution in [1.29, 1.82) is 0 Å². The number of aliphatic carboxylic acids is 1. The van der Waals surface area contributed by atoms with Crippen molar-refractivity contribution in [3.05, 3.63) is 48.6 Å². The number of carboxylic acid groups (broad SMARTS) is 1. The lowest BCUT2D eigenvalue weighted by Crippen LogP contribution is -2.16. The fourth-order valence-electron chi connectivity index (χ4n) is 4.70. The molecule has 0 amide bonds. The number of esters is 1. The zero-order valence-electron chi connectivity index (χ0n) is 26.8. The minimum atomic E-state index is -0.731. The molecule has 1 N–H and O–H groups in total. The van der Waals surface area contributed by atoms with Crippen molar-refractivity contribution in [3.8, 4) is 0 Å². The Morgan fingerprint density at radius 2 is 1.07 bits per heavy atom.